The van der Waals surface area contributed by atoms with Crippen molar-refractivity contribution in [2.45, 2.75) is 127 Å². The number of allylic oxidation sites excluding steroid dienone is 2. The quantitative estimate of drug-likeness (QED) is 0.398. The first-order valence-corrected chi connectivity index (χ1v) is 20.9. The molecule has 0 spiro atoms. The van der Waals surface area contributed by atoms with E-state index in [0.717, 1.165) is 43.2 Å². The van der Waals surface area contributed by atoms with Crippen molar-refractivity contribution in [1.29, 1.82) is 0 Å². The maximum absolute atomic E-state index is 14.4. The summed E-state index contributed by atoms with van der Waals surface area (Å²) in [4.78, 5) is 72.0. The van der Waals surface area contributed by atoms with Crippen molar-refractivity contribution in [3.8, 4) is 0 Å². The van der Waals surface area contributed by atoms with Gasteiger partial charge in [0, 0.05) is 38.9 Å². The Labute approximate surface area is 319 Å². The normalized spacial score (nSPS) is 30.7. The standard InChI is InChI=1S/C38H49F2N5O9S/c39-38(40)16-17-44(24-38)55(51,52)42-34(48)37-19-27(37)12-4-2-1-3-5-15-30(41-35(49)53-28-13-8-9-14-28)33(47)45-23-29(18-31(45)32(46)20-37)54-36(50)43-21-25-10-6-7-11-26(25)22-43/h4,6-7,10-12,27-31H,1-3,5,8-9,13-24H2,(H,41,49)(H,42,48)/b12-4-/t27-,29-,30+,31?,37-/m1/s1. The summed E-state index contributed by atoms with van der Waals surface area (Å²) in [7, 11) is -4.64. The van der Waals surface area contributed by atoms with Gasteiger partial charge in [-0.2, -0.15) is 12.7 Å². The third-order valence-electron chi connectivity index (χ3n) is 12.0. The summed E-state index contributed by atoms with van der Waals surface area (Å²) < 4.78 is 68.1. The van der Waals surface area contributed by atoms with Crippen LogP contribution in [0.2, 0.25) is 0 Å². The summed E-state index contributed by atoms with van der Waals surface area (Å²) in [6.07, 6.45) is 6.43. The van der Waals surface area contributed by atoms with Crippen LogP contribution in [0.25, 0.3) is 0 Å². The van der Waals surface area contributed by atoms with Crippen molar-refractivity contribution < 1.29 is 50.6 Å². The van der Waals surface area contributed by atoms with E-state index in [9.17, 15) is 41.2 Å². The van der Waals surface area contributed by atoms with Crippen LogP contribution >= 0.6 is 0 Å². The Morgan fingerprint density at radius 2 is 1.62 bits per heavy atom. The molecule has 0 aromatic heterocycles. The molecule has 4 heterocycles. The van der Waals surface area contributed by atoms with Crippen LogP contribution in [0.3, 0.4) is 0 Å². The molecule has 17 heteroatoms. The van der Waals surface area contributed by atoms with Crippen molar-refractivity contribution in [2.24, 2.45) is 11.3 Å². The number of halogens is 2. The lowest BCUT2D eigenvalue weighted by Crippen LogP contribution is -2.53. The molecular weight excluding hydrogens is 741 g/mol. The van der Waals surface area contributed by atoms with E-state index >= 15 is 0 Å². The van der Waals surface area contributed by atoms with Crippen LogP contribution in [0, 0.1) is 11.3 Å². The maximum atomic E-state index is 14.4. The molecule has 2 saturated carbocycles. The van der Waals surface area contributed by atoms with Crippen LogP contribution in [-0.4, -0.2) is 102 Å². The molecule has 4 fully saturated rings. The van der Waals surface area contributed by atoms with Gasteiger partial charge in [-0.25, -0.2) is 23.1 Å². The van der Waals surface area contributed by atoms with Gasteiger partial charge in [-0.05, 0) is 68.4 Å². The predicted molar refractivity (Wildman–Crippen MR) is 192 cm³/mol. The highest BCUT2D eigenvalue weighted by Gasteiger charge is 2.62. The van der Waals surface area contributed by atoms with E-state index < -0.39 is 101 Å². The summed E-state index contributed by atoms with van der Waals surface area (Å²) in [5.41, 5.74) is 0.468. The van der Waals surface area contributed by atoms with E-state index in [0.29, 0.717) is 36.7 Å². The topological polar surface area (TPSA) is 172 Å². The number of ketones is 1. The third-order valence-corrected chi connectivity index (χ3v) is 13.4. The van der Waals surface area contributed by atoms with Crippen LogP contribution in [0.15, 0.2) is 36.4 Å². The Balaban J connectivity index is 1.12. The fraction of sp³-hybridized carbons (Fsp3) is 0.658. The van der Waals surface area contributed by atoms with Crippen molar-refractivity contribution in [3.05, 3.63) is 47.5 Å². The molecule has 2 saturated heterocycles. The largest absolute Gasteiger partial charge is 0.446 e. The first-order chi connectivity index (χ1) is 26.2. The minimum absolute atomic E-state index is 0.0737. The molecule has 4 aliphatic heterocycles. The Morgan fingerprint density at radius 1 is 0.909 bits per heavy atom. The molecule has 0 radical (unpaired) electrons. The molecule has 1 unspecified atom stereocenters. The van der Waals surface area contributed by atoms with Crippen LogP contribution in [-0.2, 0) is 47.2 Å². The maximum Gasteiger partial charge on any atom is 0.410 e. The number of alkyl halides is 2. The van der Waals surface area contributed by atoms with Gasteiger partial charge < -0.3 is 19.7 Å². The van der Waals surface area contributed by atoms with Crippen LogP contribution in [0.1, 0.15) is 94.6 Å². The van der Waals surface area contributed by atoms with Gasteiger partial charge in [-0.3, -0.25) is 19.3 Å². The van der Waals surface area contributed by atoms with E-state index in [4.69, 9.17) is 9.47 Å². The number of rotatable bonds is 6. The summed E-state index contributed by atoms with van der Waals surface area (Å²) >= 11 is 0. The summed E-state index contributed by atoms with van der Waals surface area (Å²) in [6, 6.07) is 5.42. The number of Topliss-reactive ketones (excluding diaryl/α,β-unsaturated/α-hetero) is 1. The zero-order valence-corrected chi connectivity index (χ0v) is 31.6. The van der Waals surface area contributed by atoms with Crippen molar-refractivity contribution in [3.63, 3.8) is 0 Å². The van der Waals surface area contributed by atoms with Gasteiger partial charge in [0.25, 0.3) is 5.92 Å². The van der Waals surface area contributed by atoms with E-state index in [-0.39, 0.29) is 31.9 Å². The molecular formula is C38H49F2N5O9S. The number of hydrogen-bond donors (Lipinski definition) is 2. The second kappa shape index (κ2) is 15.8. The van der Waals surface area contributed by atoms with Gasteiger partial charge in [-0.15, -0.1) is 0 Å². The molecule has 55 heavy (non-hydrogen) atoms. The highest BCUT2D eigenvalue weighted by molar-refractivity contribution is 7.87. The van der Waals surface area contributed by atoms with Crippen LogP contribution in [0.5, 0.6) is 0 Å². The van der Waals surface area contributed by atoms with Gasteiger partial charge in [0.05, 0.1) is 24.5 Å². The van der Waals surface area contributed by atoms with Crippen LogP contribution < -0.4 is 10.0 Å². The van der Waals surface area contributed by atoms with Crippen LogP contribution in [0.4, 0.5) is 18.4 Å². The highest BCUT2D eigenvalue weighted by Crippen LogP contribution is 2.57. The number of amides is 4. The molecule has 6 aliphatic rings. The van der Waals surface area contributed by atoms with Gasteiger partial charge in [0.2, 0.25) is 11.8 Å². The first-order valence-electron chi connectivity index (χ1n) is 19.4. The molecule has 2 N–H and O–H groups in total. The average molecular weight is 790 g/mol. The molecule has 5 atom stereocenters. The Hall–Kier alpha value is -4.12. The fourth-order valence-corrected chi connectivity index (χ4v) is 9.96. The number of carbonyl (C=O) groups excluding carboxylic acids is 5. The SMILES string of the molecule is O=C(N[C@H]1CCCCC/C=C\[C@@H]2C[C@@]2(C(=O)NS(=O)(=O)N2CCC(F)(F)C2)CC(=O)C2C[C@@H](OC(=O)N3Cc4ccccc4C3)CN2C1=O)OC1CCCC1. The summed E-state index contributed by atoms with van der Waals surface area (Å²) in [5, 5.41) is 2.74. The van der Waals surface area contributed by atoms with Gasteiger partial charge >= 0.3 is 22.4 Å². The van der Waals surface area contributed by atoms with Crippen molar-refractivity contribution >= 4 is 40.0 Å². The number of hydrogen-bond acceptors (Lipinski definition) is 9. The number of fused-ring (bicyclic) bond motifs is 3. The minimum Gasteiger partial charge on any atom is -0.446 e. The van der Waals surface area contributed by atoms with Gasteiger partial charge in [0.15, 0.2) is 5.78 Å². The number of ether oxygens (including phenoxy) is 2. The monoisotopic (exact) mass is 789 g/mol. The molecule has 4 amide bonds. The molecule has 2 aliphatic carbocycles. The molecule has 14 nitrogen and oxygen atoms in total. The average Bonchev–Trinajstić information content (AvgIpc) is 3.69. The lowest BCUT2D eigenvalue weighted by Gasteiger charge is -2.29. The Morgan fingerprint density at radius 3 is 2.31 bits per heavy atom. The number of nitrogens with one attached hydrogen (secondary N) is 2. The molecule has 300 valence electrons. The van der Waals surface area contributed by atoms with E-state index in [1.54, 1.807) is 6.08 Å². The Bertz CT molecular complexity index is 1800. The summed E-state index contributed by atoms with van der Waals surface area (Å²) in [6.45, 7) is -0.982. The number of alkyl carbamates (subject to hydrolysis) is 1. The molecule has 1 aromatic rings. The van der Waals surface area contributed by atoms with Gasteiger partial charge in [-0.1, -0.05) is 49.3 Å². The minimum atomic E-state index is -4.64. The second-order valence-electron chi connectivity index (χ2n) is 15.9. The smallest absolute Gasteiger partial charge is 0.410 e. The van der Waals surface area contributed by atoms with E-state index in [1.807, 2.05) is 35.1 Å². The van der Waals surface area contributed by atoms with E-state index in [1.165, 1.54) is 9.80 Å². The lowest BCUT2D eigenvalue weighted by molar-refractivity contribution is -0.140. The number of benzene rings is 1. The number of nitrogens with zero attached hydrogens (tertiary/aromatic N) is 3. The second-order valence-corrected chi connectivity index (χ2v) is 17.6. The molecule has 1 aromatic carbocycles. The lowest BCUT2D eigenvalue weighted by atomic mass is 9.91. The number of carbonyl (C=O) groups is 5. The van der Waals surface area contributed by atoms with Gasteiger partial charge in [0.1, 0.15) is 18.2 Å². The predicted octanol–water partition coefficient (Wildman–Crippen LogP) is 4.33. The highest BCUT2D eigenvalue weighted by atomic mass is 32.2. The van der Waals surface area contributed by atoms with E-state index in [2.05, 4.69) is 5.32 Å². The van der Waals surface area contributed by atoms with Crippen molar-refractivity contribution in [1.82, 2.24) is 24.1 Å². The molecule has 0 bridgehead atoms. The molecule has 7 rings (SSSR count). The first kappa shape index (κ1) is 39.1. The Kier molecular flexibility index (Phi) is 11.2. The third kappa shape index (κ3) is 8.82. The fourth-order valence-electron chi connectivity index (χ4n) is 8.70. The van der Waals surface area contributed by atoms with Crippen molar-refractivity contribution in [2.75, 3.05) is 19.6 Å². The summed E-state index contributed by atoms with van der Waals surface area (Å²) in [5.74, 6) is -5.80. The zero-order valence-electron chi connectivity index (χ0n) is 30.8. The zero-order chi connectivity index (χ0) is 39.0.